The first-order valence-electron chi connectivity index (χ1n) is 5.28. The van der Waals surface area contributed by atoms with E-state index in [1.807, 2.05) is 12.1 Å². The summed E-state index contributed by atoms with van der Waals surface area (Å²) in [5.74, 6) is 0.680. The van der Waals surface area contributed by atoms with E-state index in [0.717, 1.165) is 31.6 Å². The van der Waals surface area contributed by atoms with Crippen molar-refractivity contribution in [3.8, 4) is 5.88 Å². The quantitative estimate of drug-likeness (QED) is 0.808. The Balaban J connectivity index is 1.91. The maximum atomic E-state index is 5.72. The molecule has 1 fully saturated rings. The van der Waals surface area contributed by atoms with E-state index in [2.05, 4.69) is 4.98 Å². The van der Waals surface area contributed by atoms with Gasteiger partial charge in [-0.25, -0.2) is 4.98 Å². The molecule has 0 spiro atoms. The van der Waals surface area contributed by atoms with Gasteiger partial charge < -0.3 is 15.2 Å². The van der Waals surface area contributed by atoms with Crippen LogP contribution in [0.1, 0.15) is 18.4 Å². The number of hydrogen-bond acceptors (Lipinski definition) is 4. The lowest BCUT2D eigenvalue weighted by molar-refractivity contribution is 0.0237. The molecule has 0 unspecified atom stereocenters. The van der Waals surface area contributed by atoms with Gasteiger partial charge in [-0.2, -0.15) is 0 Å². The first-order valence-corrected chi connectivity index (χ1v) is 5.28. The van der Waals surface area contributed by atoms with Gasteiger partial charge in [0.15, 0.2) is 0 Å². The van der Waals surface area contributed by atoms with Crippen molar-refractivity contribution in [2.45, 2.75) is 25.5 Å². The Hall–Kier alpha value is -1.13. The van der Waals surface area contributed by atoms with Gasteiger partial charge in [0.25, 0.3) is 0 Å². The molecule has 1 aromatic heterocycles. The first-order chi connectivity index (χ1) is 7.38. The average Bonchev–Trinajstić information content (AvgIpc) is 2.31. The summed E-state index contributed by atoms with van der Waals surface area (Å²) in [7, 11) is 0. The number of aromatic nitrogens is 1. The summed E-state index contributed by atoms with van der Waals surface area (Å²) in [5.41, 5.74) is 6.51. The Morgan fingerprint density at radius 2 is 2.20 bits per heavy atom. The zero-order chi connectivity index (χ0) is 10.5. The van der Waals surface area contributed by atoms with Gasteiger partial charge in [-0.1, -0.05) is 6.07 Å². The van der Waals surface area contributed by atoms with Crippen LogP contribution < -0.4 is 10.5 Å². The van der Waals surface area contributed by atoms with Crippen LogP contribution in [0.5, 0.6) is 5.88 Å². The van der Waals surface area contributed by atoms with Crippen molar-refractivity contribution in [3.63, 3.8) is 0 Å². The molecule has 0 amide bonds. The van der Waals surface area contributed by atoms with Gasteiger partial charge in [0.05, 0.1) is 13.2 Å². The minimum Gasteiger partial charge on any atom is -0.474 e. The van der Waals surface area contributed by atoms with Crippen LogP contribution in [-0.4, -0.2) is 24.3 Å². The smallest absolute Gasteiger partial charge is 0.213 e. The number of pyridine rings is 1. The average molecular weight is 208 g/mol. The number of nitrogens with zero attached hydrogens (tertiary/aromatic N) is 1. The summed E-state index contributed by atoms with van der Waals surface area (Å²) in [4.78, 5) is 4.20. The summed E-state index contributed by atoms with van der Waals surface area (Å²) >= 11 is 0. The Kier molecular flexibility index (Phi) is 3.53. The number of ether oxygens (including phenoxy) is 2. The number of hydrogen-bond donors (Lipinski definition) is 1. The standard InChI is InChI=1S/C11H16N2O2/c12-7-9-1-2-11(13-8-9)15-10-3-5-14-6-4-10/h1-2,8,10H,3-7,12H2. The zero-order valence-electron chi connectivity index (χ0n) is 8.69. The predicted molar refractivity (Wildman–Crippen MR) is 56.6 cm³/mol. The maximum absolute atomic E-state index is 5.72. The van der Waals surface area contributed by atoms with E-state index in [1.54, 1.807) is 6.20 Å². The fourth-order valence-corrected chi connectivity index (χ4v) is 1.57. The van der Waals surface area contributed by atoms with Gasteiger partial charge in [0.1, 0.15) is 6.10 Å². The third-order valence-electron chi connectivity index (χ3n) is 2.49. The Morgan fingerprint density at radius 3 is 2.80 bits per heavy atom. The maximum Gasteiger partial charge on any atom is 0.213 e. The molecule has 0 radical (unpaired) electrons. The van der Waals surface area contributed by atoms with Crippen LogP contribution in [0.25, 0.3) is 0 Å². The van der Waals surface area contributed by atoms with Crippen molar-refractivity contribution in [2.24, 2.45) is 5.73 Å². The predicted octanol–water partition coefficient (Wildman–Crippen LogP) is 1.10. The van der Waals surface area contributed by atoms with Gasteiger partial charge in [0.2, 0.25) is 5.88 Å². The van der Waals surface area contributed by atoms with Gasteiger partial charge in [-0.3, -0.25) is 0 Å². The number of rotatable bonds is 3. The van der Waals surface area contributed by atoms with Crippen molar-refractivity contribution in [3.05, 3.63) is 23.9 Å². The Bertz CT molecular complexity index is 294. The second kappa shape index (κ2) is 5.09. The van der Waals surface area contributed by atoms with Gasteiger partial charge in [-0.15, -0.1) is 0 Å². The highest BCUT2D eigenvalue weighted by molar-refractivity contribution is 5.17. The molecule has 82 valence electrons. The largest absolute Gasteiger partial charge is 0.474 e. The third kappa shape index (κ3) is 2.91. The molecule has 1 saturated heterocycles. The molecule has 4 heteroatoms. The van der Waals surface area contributed by atoms with Crippen molar-refractivity contribution in [2.75, 3.05) is 13.2 Å². The van der Waals surface area contributed by atoms with Crippen molar-refractivity contribution in [1.82, 2.24) is 4.98 Å². The zero-order valence-corrected chi connectivity index (χ0v) is 8.69. The molecule has 0 saturated carbocycles. The molecule has 0 aromatic carbocycles. The van der Waals surface area contributed by atoms with E-state index in [4.69, 9.17) is 15.2 Å². The van der Waals surface area contributed by atoms with E-state index in [1.165, 1.54) is 0 Å². The second-order valence-corrected chi connectivity index (χ2v) is 3.64. The Morgan fingerprint density at radius 1 is 1.40 bits per heavy atom. The summed E-state index contributed by atoms with van der Waals surface area (Å²) in [6.07, 6.45) is 3.89. The monoisotopic (exact) mass is 208 g/mol. The molecular formula is C11H16N2O2. The summed E-state index contributed by atoms with van der Waals surface area (Å²) in [6, 6.07) is 3.82. The molecule has 4 nitrogen and oxygen atoms in total. The fraction of sp³-hybridized carbons (Fsp3) is 0.545. The van der Waals surface area contributed by atoms with Crippen LogP contribution in [-0.2, 0) is 11.3 Å². The minimum absolute atomic E-state index is 0.245. The molecule has 0 aliphatic carbocycles. The highest BCUT2D eigenvalue weighted by Gasteiger charge is 2.15. The van der Waals surface area contributed by atoms with Crippen molar-refractivity contribution < 1.29 is 9.47 Å². The van der Waals surface area contributed by atoms with E-state index in [0.29, 0.717) is 12.4 Å². The van der Waals surface area contributed by atoms with Crippen molar-refractivity contribution >= 4 is 0 Å². The lowest BCUT2D eigenvalue weighted by Crippen LogP contribution is -2.26. The highest BCUT2D eigenvalue weighted by atomic mass is 16.5. The molecule has 2 rings (SSSR count). The molecule has 2 N–H and O–H groups in total. The SMILES string of the molecule is NCc1ccc(OC2CCOCC2)nc1. The topological polar surface area (TPSA) is 57.4 Å². The van der Waals surface area contributed by atoms with Gasteiger partial charge >= 0.3 is 0 Å². The van der Waals surface area contributed by atoms with Crippen LogP contribution in [0.3, 0.4) is 0 Å². The van der Waals surface area contributed by atoms with E-state index in [-0.39, 0.29) is 6.10 Å². The molecule has 0 atom stereocenters. The molecular weight excluding hydrogens is 192 g/mol. The molecule has 1 aliphatic rings. The first kappa shape index (κ1) is 10.4. The van der Waals surface area contributed by atoms with Gasteiger partial charge in [0, 0.05) is 31.6 Å². The van der Waals surface area contributed by atoms with E-state index < -0.39 is 0 Å². The van der Waals surface area contributed by atoms with Crippen LogP contribution in [0.15, 0.2) is 18.3 Å². The Labute approximate surface area is 89.4 Å². The third-order valence-corrected chi connectivity index (χ3v) is 2.49. The van der Waals surface area contributed by atoms with Crippen LogP contribution in [0, 0.1) is 0 Å². The normalized spacial score (nSPS) is 17.7. The lowest BCUT2D eigenvalue weighted by atomic mass is 10.1. The molecule has 0 bridgehead atoms. The summed E-state index contributed by atoms with van der Waals surface area (Å²) in [6.45, 7) is 2.08. The minimum atomic E-state index is 0.245. The van der Waals surface area contributed by atoms with Crippen LogP contribution >= 0.6 is 0 Å². The fourth-order valence-electron chi connectivity index (χ4n) is 1.57. The van der Waals surface area contributed by atoms with Crippen LogP contribution in [0.4, 0.5) is 0 Å². The summed E-state index contributed by atoms with van der Waals surface area (Å²) < 4.78 is 11.0. The molecule has 1 aliphatic heterocycles. The van der Waals surface area contributed by atoms with E-state index in [9.17, 15) is 0 Å². The molecule has 2 heterocycles. The highest BCUT2D eigenvalue weighted by Crippen LogP contribution is 2.15. The molecule has 1 aromatic rings. The second-order valence-electron chi connectivity index (χ2n) is 3.64. The van der Waals surface area contributed by atoms with E-state index >= 15 is 0 Å². The van der Waals surface area contributed by atoms with Crippen molar-refractivity contribution in [1.29, 1.82) is 0 Å². The van der Waals surface area contributed by atoms with Gasteiger partial charge in [-0.05, 0) is 5.56 Å². The summed E-state index contributed by atoms with van der Waals surface area (Å²) in [5, 5.41) is 0. The lowest BCUT2D eigenvalue weighted by Gasteiger charge is -2.22. The number of nitrogens with two attached hydrogens (primary N) is 1. The molecule has 15 heavy (non-hydrogen) atoms. The van der Waals surface area contributed by atoms with Crippen LogP contribution in [0.2, 0.25) is 0 Å².